The van der Waals surface area contributed by atoms with E-state index in [0.717, 1.165) is 28.9 Å². The Kier molecular flexibility index (Phi) is 6.08. The zero-order valence-corrected chi connectivity index (χ0v) is 14.6. The van der Waals surface area contributed by atoms with Crippen LogP contribution in [-0.4, -0.2) is 21.3 Å². The molecule has 2 N–H and O–H groups in total. The van der Waals surface area contributed by atoms with Crippen LogP contribution in [0.5, 0.6) is 0 Å². The highest BCUT2D eigenvalue weighted by Gasteiger charge is 2.12. The van der Waals surface area contributed by atoms with Gasteiger partial charge in [0, 0.05) is 22.5 Å². The number of aromatic nitrogens is 3. The van der Waals surface area contributed by atoms with Gasteiger partial charge in [0.15, 0.2) is 5.16 Å². The molecule has 0 fully saturated rings. The monoisotopic (exact) mass is 370 g/mol. The van der Waals surface area contributed by atoms with Gasteiger partial charge in [0.05, 0.1) is 0 Å². The van der Waals surface area contributed by atoms with Crippen LogP contribution < -0.4 is 11.0 Å². The van der Waals surface area contributed by atoms with Crippen molar-refractivity contribution in [3.05, 3.63) is 38.7 Å². The van der Waals surface area contributed by atoms with E-state index in [1.165, 1.54) is 17.3 Å². The molecule has 1 aromatic heterocycles. The molecule has 0 aliphatic rings. The van der Waals surface area contributed by atoms with E-state index >= 15 is 0 Å². The van der Waals surface area contributed by atoms with E-state index in [2.05, 4.69) is 50.5 Å². The summed E-state index contributed by atoms with van der Waals surface area (Å²) in [6, 6.07) is 6.16. The molecule has 0 saturated heterocycles. The summed E-state index contributed by atoms with van der Waals surface area (Å²) >= 11 is 5.02. The van der Waals surface area contributed by atoms with Crippen molar-refractivity contribution >= 4 is 27.7 Å². The van der Waals surface area contributed by atoms with E-state index in [9.17, 15) is 4.79 Å². The first-order valence-electron chi connectivity index (χ1n) is 6.97. The van der Waals surface area contributed by atoms with Crippen molar-refractivity contribution in [2.75, 3.05) is 6.54 Å². The van der Waals surface area contributed by atoms with Gasteiger partial charge in [-0.15, -0.1) is 5.10 Å². The second-order valence-corrected chi connectivity index (χ2v) is 6.52. The summed E-state index contributed by atoms with van der Waals surface area (Å²) in [7, 11) is 0. The molecule has 114 valence electrons. The van der Waals surface area contributed by atoms with Gasteiger partial charge in [0.1, 0.15) is 0 Å². The number of hydrogen-bond acceptors (Lipinski definition) is 4. The Bertz CT molecular complexity index is 653. The predicted molar refractivity (Wildman–Crippen MR) is 88.8 cm³/mol. The summed E-state index contributed by atoms with van der Waals surface area (Å²) in [5.74, 6) is 0. The lowest BCUT2D eigenvalue weighted by atomic mass is 10.2. The molecule has 7 heteroatoms. The molecular formula is C14H19BrN4OS. The maximum Gasteiger partial charge on any atom is 0.343 e. The zero-order valence-electron chi connectivity index (χ0n) is 12.1. The fourth-order valence-corrected chi connectivity index (χ4v) is 3.32. The van der Waals surface area contributed by atoms with Gasteiger partial charge in [-0.1, -0.05) is 29.8 Å². The molecular weight excluding hydrogens is 352 g/mol. The third-order valence-corrected chi connectivity index (χ3v) is 4.57. The first-order chi connectivity index (χ1) is 10.2. The summed E-state index contributed by atoms with van der Waals surface area (Å²) in [6.07, 6.45) is 0.900. The van der Waals surface area contributed by atoms with Gasteiger partial charge in [-0.3, -0.25) is 4.57 Å². The molecule has 0 spiro atoms. The van der Waals surface area contributed by atoms with Gasteiger partial charge >= 0.3 is 5.69 Å². The maximum atomic E-state index is 11.7. The molecule has 2 aromatic rings. The molecule has 21 heavy (non-hydrogen) atoms. The van der Waals surface area contributed by atoms with E-state index in [0.29, 0.717) is 11.7 Å². The van der Waals surface area contributed by atoms with Gasteiger partial charge in [-0.2, -0.15) is 0 Å². The Hall–Kier alpha value is -1.05. The molecule has 0 aliphatic heterocycles. The SMILES string of the molecule is CCCn1c(Sc2ccc(Br)cc2CNCC)n[nH]c1=O. The van der Waals surface area contributed by atoms with Crippen LogP contribution in [0.4, 0.5) is 0 Å². The summed E-state index contributed by atoms with van der Waals surface area (Å²) in [5.41, 5.74) is 1.04. The summed E-state index contributed by atoms with van der Waals surface area (Å²) < 4.78 is 2.73. The molecule has 0 amide bonds. The molecule has 1 heterocycles. The maximum absolute atomic E-state index is 11.7. The lowest BCUT2D eigenvalue weighted by Gasteiger charge is -2.10. The van der Waals surface area contributed by atoms with Crippen molar-refractivity contribution in [2.45, 2.75) is 43.4 Å². The van der Waals surface area contributed by atoms with Crippen molar-refractivity contribution < 1.29 is 0 Å². The smallest absolute Gasteiger partial charge is 0.313 e. The lowest BCUT2D eigenvalue weighted by molar-refractivity contribution is 0.603. The van der Waals surface area contributed by atoms with Crippen molar-refractivity contribution in [1.29, 1.82) is 0 Å². The summed E-state index contributed by atoms with van der Waals surface area (Å²) in [4.78, 5) is 12.8. The molecule has 5 nitrogen and oxygen atoms in total. The van der Waals surface area contributed by atoms with Crippen LogP contribution >= 0.6 is 27.7 Å². The Morgan fingerprint density at radius 2 is 2.24 bits per heavy atom. The number of halogens is 1. The number of nitrogens with zero attached hydrogens (tertiary/aromatic N) is 2. The highest BCUT2D eigenvalue weighted by molar-refractivity contribution is 9.10. The number of H-pyrrole nitrogens is 1. The molecule has 0 atom stereocenters. The fourth-order valence-electron chi connectivity index (χ4n) is 1.95. The number of nitrogens with one attached hydrogen (secondary N) is 2. The van der Waals surface area contributed by atoms with Crippen molar-refractivity contribution in [2.24, 2.45) is 0 Å². The van der Waals surface area contributed by atoms with Crippen LogP contribution in [0.15, 0.2) is 37.5 Å². The minimum Gasteiger partial charge on any atom is -0.313 e. The third-order valence-electron chi connectivity index (χ3n) is 2.96. The van der Waals surface area contributed by atoms with Gasteiger partial charge in [0.25, 0.3) is 0 Å². The van der Waals surface area contributed by atoms with Crippen LogP contribution in [0.3, 0.4) is 0 Å². The first-order valence-corrected chi connectivity index (χ1v) is 8.58. The van der Waals surface area contributed by atoms with Crippen molar-refractivity contribution in [1.82, 2.24) is 20.1 Å². The Morgan fingerprint density at radius 3 is 2.95 bits per heavy atom. The predicted octanol–water partition coefficient (Wildman–Crippen LogP) is 3.00. The van der Waals surface area contributed by atoms with Crippen LogP contribution in [0, 0.1) is 0 Å². The number of aromatic amines is 1. The average molecular weight is 371 g/mol. The summed E-state index contributed by atoms with van der Waals surface area (Å²) in [6.45, 7) is 6.51. The zero-order chi connectivity index (χ0) is 15.2. The molecule has 0 saturated carbocycles. The van der Waals surface area contributed by atoms with Crippen LogP contribution in [0.1, 0.15) is 25.8 Å². The topological polar surface area (TPSA) is 62.7 Å². The fraction of sp³-hybridized carbons (Fsp3) is 0.429. The number of benzene rings is 1. The molecule has 0 aliphatic carbocycles. The minimum atomic E-state index is -0.148. The van der Waals surface area contributed by atoms with Gasteiger partial charge < -0.3 is 5.32 Å². The normalized spacial score (nSPS) is 11.0. The minimum absolute atomic E-state index is 0.148. The average Bonchev–Trinajstić information content (AvgIpc) is 2.81. The largest absolute Gasteiger partial charge is 0.343 e. The Labute approximate surface area is 136 Å². The highest BCUT2D eigenvalue weighted by Crippen LogP contribution is 2.30. The standard InChI is InChI=1S/C14H19BrN4OS/c1-3-7-19-13(20)17-18-14(19)21-12-6-5-11(15)8-10(12)9-16-4-2/h5-6,8,16H,3-4,7,9H2,1-2H3,(H,17,20). The molecule has 0 radical (unpaired) electrons. The van der Waals surface area contributed by atoms with Crippen LogP contribution in [0.25, 0.3) is 0 Å². The molecule has 0 unspecified atom stereocenters. The third kappa shape index (κ3) is 4.21. The van der Waals surface area contributed by atoms with Crippen LogP contribution in [-0.2, 0) is 13.1 Å². The van der Waals surface area contributed by atoms with Crippen LogP contribution in [0.2, 0.25) is 0 Å². The summed E-state index contributed by atoms with van der Waals surface area (Å²) in [5, 5.41) is 10.7. The van der Waals surface area contributed by atoms with Gasteiger partial charge in [0.2, 0.25) is 0 Å². The second kappa shape index (κ2) is 7.82. The number of hydrogen-bond donors (Lipinski definition) is 2. The molecule has 0 bridgehead atoms. The van der Waals surface area contributed by atoms with Gasteiger partial charge in [-0.25, -0.2) is 9.89 Å². The van der Waals surface area contributed by atoms with E-state index in [1.54, 1.807) is 4.57 Å². The Morgan fingerprint density at radius 1 is 1.43 bits per heavy atom. The highest BCUT2D eigenvalue weighted by atomic mass is 79.9. The van der Waals surface area contributed by atoms with Crippen molar-refractivity contribution in [3.8, 4) is 0 Å². The van der Waals surface area contributed by atoms with E-state index < -0.39 is 0 Å². The lowest BCUT2D eigenvalue weighted by Crippen LogP contribution is -2.17. The number of rotatable bonds is 7. The molecule has 1 aromatic carbocycles. The second-order valence-electron chi connectivity index (χ2n) is 4.60. The molecule has 2 rings (SSSR count). The van der Waals surface area contributed by atoms with E-state index in [-0.39, 0.29) is 5.69 Å². The quantitative estimate of drug-likeness (QED) is 0.786. The Balaban J connectivity index is 2.28. The first kappa shape index (κ1) is 16.3. The van der Waals surface area contributed by atoms with Crippen molar-refractivity contribution in [3.63, 3.8) is 0 Å². The van der Waals surface area contributed by atoms with Gasteiger partial charge in [-0.05, 0) is 48.5 Å². The van der Waals surface area contributed by atoms with E-state index in [4.69, 9.17) is 0 Å². The van der Waals surface area contributed by atoms with E-state index in [1.807, 2.05) is 13.0 Å².